The molecule has 0 aliphatic carbocycles. The van der Waals surface area contributed by atoms with Gasteiger partial charge in [0.25, 0.3) is 5.91 Å². The van der Waals surface area contributed by atoms with Gasteiger partial charge in [-0.2, -0.15) is 0 Å². The fraction of sp³-hybridized carbons (Fsp3) is 0.211. The predicted molar refractivity (Wildman–Crippen MR) is 97.4 cm³/mol. The molecule has 1 amide bonds. The lowest BCUT2D eigenvalue weighted by Crippen LogP contribution is -2.30. The van der Waals surface area contributed by atoms with Crippen molar-refractivity contribution in [3.8, 4) is 0 Å². The summed E-state index contributed by atoms with van der Waals surface area (Å²) in [6, 6.07) is 12.1. The summed E-state index contributed by atoms with van der Waals surface area (Å²) in [5.41, 5.74) is 0.744. The van der Waals surface area contributed by atoms with Crippen LogP contribution in [0.25, 0.3) is 11.0 Å². The van der Waals surface area contributed by atoms with Gasteiger partial charge in [0.15, 0.2) is 12.4 Å². The molecular formula is C19H17NO5S. The molecule has 0 bridgehead atoms. The highest BCUT2D eigenvalue weighted by Crippen LogP contribution is 2.23. The van der Waals surface area contributed by atoms with E-state index in [4.69, 9.17) is 9.15 Å². The molecule has 0 saturated heterocycles. The standard InChI is InChI=1S/C19H17NO5S/c1-11(15-9-13-5-3-4-6-14(13)25-15)20-18(22)10-24-19(23)17-8-7-16(26-17)12(2)21/h3-9,11H,10H2,1-2H3,(H,20,22). The second-order valence-electron chi connectivity index (χ2n) is 5.77. The van der Waals surface area contributed by atoms with Gasteiger partial charge in [0.1, 0.15) is 16.2 Å². The smallest absolute Gasteiger partial charge is 0.348 e. The van der Waals surface area contributed by atoms with Crippen LogP contribution in [0.5, 0.6) is 0 Å². The minimum absolute atomic E-state index is 0.119. The Labute approximate surface area is 153 Å². The first-order chi connectivity index (χ1) is 12.4. The van der Waals surface area contributed by atoms with E-state index in [-0.39, 0.29) is 16.7 Å². The fourth-order valence-corrected chi connectivity index (χ4v) is 3.20. The molecule has 2 heterocycles. The molecule has 0 fully saturated rings. The average molecular weight is 371 g/mol. The molecule has 0 spiro atoms. The molecule has 2 aromatic heterocycles. The van der Waals surface area contributed by atoms with Gasteiger partial charge in [0.05, 0.1) is 10.9 Å². The largest absolute Gasteiger partial charge is 0.459 e. The van der Waals surface area contributed by atoms with E-state index in [2.05, 4.69) is 5.32 Å². The third kappa shape index (κ3) is 4.00. The first-order valence-corrected chi connectivity index (χ1v) is 8.81. The summed E-state index contributed by atoms with van der Waals surface area (Å²) in [5, 5.41) is 3.68. The molecule has 3 aromatic rings. The number of para-hydroxylation sites is 1. The normalized spacial score (nSPS) is 11.9. The Balaban J connectivity index is 1.54. The van der Waals surface area contributed by atoms with Gasteiger partial charge in [0, 0.05) is 5.39 Å². The van der Waals surface area contributed by atoms with E-state index in [9.17, 15) is 14.4 Å². The molecule has 1 unspecified atom stereocenters. The lowest BCUT2D eigenvalue weighted by atomic mass is 10.2. The Morgan fingerprint density at radius 1 is 1.15 bits per heavy atom. The van der Waals surface area contributed by atoms with Crippen LogP contribution in [-0.4, -0.2) is 24.3 Å². The van der Waals surface area contributed by atoms with Crippen molar-refractivity contribution in [2.75, 3.05) is 6.61 Å². The quantitative estimate of drug-likeness (QED) is 0.527. The van der Waals surface area contributed by atoms with Gasteiger partial charge in [-0.05, 0) is 38.1 Å². The SMILES string of the molecule is CC(=O)c1ccc(C(=O)OCC(=O)NC(C)c2cc3ccccc3o2)s1. The number of esters is 1. The van der Waals surface area contributed by atoms with Gasteiger partial charge in [-0.3, -0.25) is 9.59 Å². The predicted octanol–water partition coefficient (Wildman–Crippen LogP) is 3.73. The summed E-state index contributed by atoms with van der Waals surface area (Å²) in [6.07, 6.45) is 0. The number of Topliss-reactive ketones (excluding diaryl/α,β-unsaturated/α-hetero) is 1. The third-order valence-corrected chi connectivity index (χ3v) is 4.90. The lowest BCUT2D eigenvalue weighted by Gasteiger charge is -2.11. The number of benzene rings is 1. The highest BCUT2D eigenvalue weighted by atomic mass is 32.1. The Morgan fingerprint density at radius 2 is 1.88 bits per heavy atom. The molecule has 0 aliphatic heterocycles. The molecule has 0 radical (unpaired) electrons. The van der Waals surface area contributed by atoms with Crippen molar-refractivity contribution in [2.45, 2.75) is 19.9 Å². The number of furan rings is 1. The van der Waals surface area contributed by atoms with Crippen LogP contribution in [0, 0.1) is 0 Å². The number of nitrogens with one attached hydrogen (secondary N) is 1. The number of rotatable bonds is 6. The average Bonchev–Trinajstić information content (AvgIpc) is 3.26. The van der Waals surface area contributed by atoms with Crippen molar-refractivity contribution in [1.82, 2.24) is 5.32 Å². The van der Waals surface area contributed by atoms with Gasteiger partial charge in [-0.15, -0.1) is 11.3 Å². The zero-order chi connectivity index (χ0) is 18.7. The van der Waals surface area contributed by atoms with Crippen LogP contribution in [0.2, 0.25) is 0 Å². The van der Waals surface area contributed by atoms with Crippen LogP contribution in [0.4, 0.5) is 0 Å². The van der Waals surface area contributed by atoms with Gasteiger partial charge < -0.3 is 14.5 Å². The van der Waals surface area contributed by atoms with Crippen molar-refractivity contribution >= 4 is 40.0 Å². The third-order valence-electron chi connectivity index (χ3n) is 3.74. The summed E-state index contributed by atoms with van der Waals surface area (Å²) in [6.45, 7) is 2.81. The zero-order valence-electron chi connectivity index (χ0n) is 14.3. The second kappa shape index (κ2) is 7.53. The van der Waals surface area contributed by atoms with E-state index in [0.29, 0.717) is 10.6 Å². The Morgan fingerprint density at radius 3 is 2.58 bits per heavy atom. The number of ether oxygens (including phenoxy) is 1. The molecule has 26 heavy (non-hydrogen) atoms. The van der Waals surface area contributed by atoms with E-state index < -0.39 is 18.5 Å². The number of amides is 1. The minimum Gasteiger partial charge on any atom is -0.459 e. The molecule has 0 aliphatic rings. The number of carbonyl (C=O) groups is 3. The van der Waals surface area contributed by atoms with Crippen LogP contribution < -0.4 is 5.32 Å². The summed E-state index contributed by atoms with van der Waals surface area (Å²) >= 11 is 1.04. The van der Waals surface area contributed by atoms with Crippen LogP contribution in [0.15, 0.2) is 46.9 Å². The van der Waals surface area contributed by atoms with E-state index in [0.717, 1.165) is 22.3 Å². The Hall–Kier alpha value is -2.93. The molecule has 1 aromatic carbocycles. The number of thiophene rings is 1. The number of hydrogen-bond acceptors (Lipinski definition) is 6. The fourth-order valence-electron chi connectivity index (χ4n) is 2.41. The van der Waals surface area contributed by atoms with Crippen molar-refractivity contribution in [1.29, 1.82) is 0 Å². The first kappa shape index (κ1) is 17.9. The molecule has 1 N–H and O–H groups in total. The van der Waals surface area contributed by atoms with Crippen molar-refractivity contribution in [2.24, 2.45) is 0 Å². The summed E-state index contributed by atoms with van der Waals surface area (Å²) < 4.78 is 10.7. The van der Waals surface area contributed by atoms with Crippen molar-refractivity contribution in [3.63, 3.8) is 0 Å². The Bertz CT molecular complexity index is 938. The van der Waals surface area contributed by atoms with Crippen LogP contribution >= 0.6 is 11.3 Å². The summed E-state index contributed by atoms with van der Waals surface area (Å²) in [5.74, 6) is -0.564. The van der Waals surface area contributed by atoms with E-state index >= 15 is 0 Å². The monoisotopic (exact) mass is 371 g/mol. The molecule has 0 saturated carbocycles. The number of carbonyl (C=O) groups excluding carboxylic acids is 3. The summed E-state index contributed by atoms with van der Waals surface area (Å²) in [7, 11) is 0. The van der Waals surface area contributed by atoms with Crippen LogP contribution in [-0.2, 0) is 9.53 Å². The molecule has 3 rings (SSSR count). The number of fused-ring (bicyclic) bond motifs is 1. The maximum atomic E-state index is 12.0. The van der Waals surface area contributed by atoms with Gasteiger partial charge >= 0.3 is 5.97 Å². The maximum absolute atomic E-state index is 12.0. The lowest BCUT2D eigenvalue weighted by molar-refractivity contribution is -0.125. The molecule has 134 valence electrons. The first-order valence-electron chi connectivity index (χ1n) is 8.00. The topological polar surface area (TPSA) is 85.6 Å². The van der Waals surface area contributed by atoms with Gasteiger partial charge in [-0.25, -0.2) is 4.79 Å². The van der Waals surface area contributed by atoms with E-state index in [1.807, 2.05) is 30.3 Å². The van der Waals surface area contributed by atoms with Crippen LogP contribution in [0.3, 0.4) is 0 Å². The molecule has 6 nitrogen and oxygen atoms in total. The van der Waals surface area contributed by atoms with Crippen molar-refractivity contribution in [3.05, 3.63) is 58.0 Å². The van der Waals surface area contributed by atoms with Gasteiger partial charge in [0.2, 0.25) is 0 Å². The van der Waals surface area contributed by atoms with E-state index in [1.54, 1.807) is 13.0 Å². The molecule has 7 heteroatoms. The van der Waals surface area contributed by atoms with E-state index in [1.165, 1.54) is 13.0 Å². The maximum Gasteiger partial charge on any atom is 0.348 e. The molecule has 1 atom stereocenters. The van der Waals surface area contributed by atoms with Crippen LogP contribution in [0.1, 0.15) is 45.0 Å². The Kier molecular flexibility index (Phi) is 5.18. The highest BCUT2D eigenvalue weighted by Gasteiger charge is 2.17. The number of hydrogen-bond donors (Lipinski definition) is 1. The van der Waals surface area contributed by atoms with Crippen molar-refractivity contribution < 1.29 is 23.5 Å². The summed E-state index contributed by atoms with van der Waals surface area (Å²) in [4.78, 5) is 36.0. The molecular weight excluding hydrogens is 354 g/mol. The highest BCUT2D eigenvalue weighted by molar-refractivity contribution is 7.15. The number of ketones is 1. The minimum atomic E-state index is -0.631. The van der Waals surface area contributed by atoms with Gasteiger partial charge in [-0.1, -0.05) is 18.2 Å². The zero-order valence-corrected chi connectivity index (χ0v) is 15.1. The second-order valence-corrected chi connectivity index (χ2v) is 6.86.